The number of nitrogens with zero attached hydrogens (tertiary/aromatic N) is 1. The van der Waals surface area contributed by atoms with E-state index in [0.29, 0.717) is 24.4 Å². The van der Waals surface area contributed by atoms with Crippen molar-refractivity contribution < 1.29 is 13.2 Å². The van der Waals surface area contributed by atoms with Crippen LogP contribution in [0.15, 0.2) is 29.2 Å². The van der Waals surface area contributed by atoms with Gasteiger partial charge in [-0.1, -0.05) is 31.0 Å². The summed E-state index contributed by atoms with van der Waals surface area (Å²) in [7, 11) is -3.44. The predicted octanol–water partition coefficient (Wildman–Crippen LogP) is 2.23. The monoisotopic (exact) mass is 295 g/mol. The molecule has 0 N–H and O–H groups in total. The molecule has 1 heterocycles. The predicted molar refractivity (Wildman–Crippen MR) is 77.9 cm³/mol. The Labute approximate surface area is 120 Å². The third kappa shape index (κ3) is 2.94. The molecule has 0 aliphatic carbocycles. The van der Waals surface area contributed by atoms with Crippen molar-refractivity contribution in [1.29, 1.82) is 0 Å². The van der Waals surface area contributed by atoms with E-state index in [1.54, 1.807) is 12.1 Å². The molecule has 110 valence electrons. The number of carbonyl (C=O) groups excluding carboxylic acids is 1. The van der Waals surface area contributed by atoms with Crippen LogP contribution in [0.4, 0.5) is 0 Å². The minimum atomic E-state index is -3.44. The molecular formula is C15H21NO3S. The number of aldehydes is 1. The van der Waals surface area contributed by atoms with E-state index in [0.717, 1.165) is 18.3 Å². The lowest BCUT2D eigenvalue weighted by atomic mass is 9.86. The fourth-order valence-corrected chi connectivity index (χ4v) is 4.22. The van der Waals surface area contributed by atoms with Crippen LogP contribution in [0.3, 0.4) is 0 Å². The van der Waals surface area contributed by atoms with Gasteiger partial charge in [0.25, 0.3) is 0 Å². The first-order valence-corrected chi connectivity index (χ1v) is 8.45. The first kappa shape index (κ1) is 15.2. The maximum atomic E-state index is 12.6. The number of carbonyl (C=O) groups is 1. The van der Waals surface area contributed by atoms with Crippen molar-refractivity contribution >= 4 is 16.3 Å². The van der Waals surface area contributed by atoms with Crippen LogP contribution < -0.4 is 0 Å². The molecule has 4 nitrogen and oxygen atoms in total. The molecule has 0 saturated carbocycles. The van der Waals surface area contributed by atoms with Crippen molar-refractivity contribution in [2.45, 2.75) is 31.6 Å². The smallest absolute Gasteiger partial charge is 0.243 e. The molecule has 0 unspecified atom stereocenters. The number of aryl methyl sites for hydroxylation is 1. The third-order valence-electron chi connectivity index (χ3n) is 4.11. The first-order valence-electron chi connectivity index (χ1n) is 7.01. The number of rotatable bonds is 4. The Morgan fingerprint density at radius 3 is 2.50 bits per heavy atom. The Kier molecular flexibility index (Phi) is 4.60. The molecule has 0 spiro atoms. The molecule has 1 aliphatic heterocycles. The lowest BCUT2D eigenvalue weighted by Crippen LogP contribution is -2.44. The van der Waals surface area contributed by atoms with Gasteiger partial charge in [-0.2, -0.15) is 4.31 Å². The molecule has 0 aromatic heterocycles. The van der Waals surface area contributed by atoms with Gasteiger partial charge < -0.3 is 4.79 Å². The van der Waals surface area contributed by atoms with Crippen LogP contribution in [-0.4, -0.2) is 32.1 Å². The molecule has 1 saturated heterocycles. The van der Waals surface area contributed by atoms with Gasteiger partial charge in [0.1, 0.15) is 6.29 Å². The van der Waals surface area contributed by atoms with E-state index in [2.05, 4.69) is 0 Å². The van der Waals surface area contributed by atoms with E-state index in [1.165, 1.54) is 4.31 Å². The summed E-state index contributed by atoms with van der Waals surface area (Å²) < 4.78 is 26.7. The summed E-state index contributed by atoms with van der Waals surface area (Å²) in [5, 5.41) is 0. The van der Waals surface area contributed by atoms with Crippen LogP contribution in [0.1, 0.15) is 25.3 Å². The van der Waals surface area contributed by atoms with Crippen molar-refractivity contribution in [2.75, 3.05) is 13.1 Å². The molecular weight excluding hydrogens is 274 g/mol. The number of benzene rings is 1. The lowest BCUT2D eigenvalue weighted by molar-refractivity contribution is -0.113. The maximum Gasteiger partial charge on any atom is 0.243 e. The van der Waals surface area contributed by atoms with Crippen molar-refractivity contribution in [1.82, 2.24) is 4.31 Å². The van der Waals surface area contributed by atoms with Crippen molar-refractivity contribution in [2.24, 2.45) is 11.8 Å². The van der Waals surface area contributed by atoms with Crippen LogP contribution in [0.2, 0.25) is 0 Å². The highest BCUT2D eigenvalue weighted by atomic mass is 32.2. The Morgan fingerprint density at radius 2 is 1.95 bits per heavy atom. The van der Waals surface area contributed by atoms with E-state index in [4.69, 9.17) is 0 Å². The average Bonchev–Trinajstić information content (AvgIpc) is 2.46. The zero-order valence-electron chi connectivity index (χ0n) is 12.0. The molecule has 2 atom stereocenters. The molecule has 1 aliphatic rings. The van der Waals surface area contributed by atoms with E-state index < -0.39 is 10.0 Å². The molecule has 0 amide bonds. The van der Waals surface area contributed by atoms with Crippen LogP contribution in [0.5, 0.6) is 0 Å². The Morgan fingerprint density at radius 1 is 1.30 bits per heavy atom. The minimum absolute atomic E-state index is 0.00975. The van der Waals surface area contributed by atoms with Crippen LogP contribution >= 0.6 is 0 Å². The summed E-state index contributed by atoms with van der Waals surface area (Å²) in [5.41, 5.74) is 1.04. The van der Waals surface area contributed by atoms with Gasteiger partial charge in [0.2, 0.25) is 10.0 Å². The normalized spacial score (nSPS) is 24.5. The average molecular weight is 295 g/mol. The first-order chi connectivity index (χ1) is 9.48. The molecule has 1 fully saturated rings. The second-order valence-electron chi connectivity index (χ2n) is 5.43. The summed E-state index contributed by atoms with van der Waals surface area (Å²) in [5.74, 6) is 0.117. The van der Waals surface area contributed by atoms with E-state index in [1.807, 2.05) is 26.0 Å². The Bertz CT molecular complexity index is 565. The van der Waals surface area contributed by atoms with E-state index >= 15 is 0 Å². The largest absolute Gasteiger partial charge is 0.303 e. The second kappa shape index (κ2) is 6.06. The molecule has 5 heteroatoms. The lowest BCUT2D eigenvalue weighted by Gasteiger charge is -2.35. The van der Waals surface area contributed by atoms with Gasteiger partial charge >= 0.3 is 0 Å². The topological polar surface area (TPSA) is 54.5 Å². The SMILES string of the molecule is CC[C@H]1CN(S(=O)(=O)c2ccc(C)cc2)CC[C@@H]1C=O. The highest BCUT2D eigenvalue weighted by Crippen LogP contribution is 2.28. The van der Waals surface area contributed by atoms with Crippen LogP contribution in [0, 0.1) is 18.8 Å². The molecule has 0 bridgehead atoms. The minimum Gasteiger partial charge on any atom is -0.303 e. The quantitative estimate of drug-likeness (QED) is 0.800. The highest BCUT2D eigenvalue weighted by Gasteiger charge is 2.34. The fraction of sp³-hybridized carbons (Fsp3) is 0.533. The summed E-state index contributed by atoms with van der Waals surface area (Å²) in [4.78, 5) is 11.4. The summed E-state index contributed by atoms with van der Waals surface area (Å²) in [6.07, 6.45) is 2.42. The number of hydrogen-bond donors (Lipinski definition) is 0. The third-order valence-corrected chi connectivity index (χ3v) is 5.99. The standard InChI is InChI=1S/C15H21NO3S/c1-3-13-10-16(9-8-14(13)11-17)20(18,19)15-6-4-12(2)5-7-15/h4-7,11,13-14H,3,8-10H2,1-2H3/t13-,14+/m0/s1. The van der Waals surface area contributed by atoms with Gasteiger partial charge in [-0.15, -0.1) is 0 Å². The summed E-state index contributed by atoms with van der Waals surface area (Å²) >= 11 is 0. The molecule has 2 rings (SSSR count). The van der Waals surface area contributed by atoms with E-state index in [-0.39, 0.29) is 11.8 Å². The molecule has 20 heavy (non-hydrogen) atoms. The summed E-state index contributed by atoms with van der Waals surface area (Å²) in [6, 6.07) is 6.92. The Hall–Kier alpha value is -1.20. The highest BCUT2D eigenvalue weighted by molar-refractivity contribution is 7.89. The number of piperidine rings is 1. The van der Waals surface area contributed by atoms with Gasteiger partial charge in [0.15, 0.2) is 0 Å². The van der Waals surface area contributed by atoms with Gasteiger partial charge in [-0.05, 0) is 31.4 Å². The number of hydrogen-bond acceptors (Lipinski definition) is 3. The molecule has 1 aromatic rings. The van der Waals surface area contributed by atoms with Gasteiger partial charge in [0, 0.05) is 19.0 Å². The maximum absolute atomic E-state index is 12.6. The van der Waals surface area contributed by atoms with Crippen molar-refractivity contribution in [3.05, 3.63) is 29.8 Å². The van der Waals surface area contributed by atoms with Gasteiger partial charge in [-0.3, -0.25) is 0 Å². The summed E-state index contributed by atoms with van der Waals surface area (Å²) in [6.45, 7) is 4.80. The van der Waals surface area contributed by atoms with Crippen LogP contribution in [0.25, 0.3) is 0 Å². The zero-order chi connectivity index (χ0) is 14.8. The van der Waals surface area contributed by atoms with Crippen molar-refractivity contribution in [3.63, 3.8) is 0 Å². The molecule has 1 aromatic carbocycles. The second-order valence-corrected chi connectivity index (χ2v) is 7.37. The van der Waals surface area contributed by atoms with Crippen molar-refractivity contribution in [3.8, 4) is 0 Å². The van der Waals surface area contributed by atoms with E-state index in [9.17, 15) is 13.2 Å². The fourth-order valence-electron chi connectivity index (χ4n) is 2.71. The van der Waals surface area contributed by atoms with Crippen LogP contribution in [-0.2, 0) is 14.8 Å². The molecule has 0 radical (unpaired) electrons. The Balaban J connectivity index is 2.22. The van der Waals surface area contributed by atoms with Gasteiger partial charge in [-0.25, -0.2) is 8.42 Å². The number of sulfonamides is 1. The van der Waals surface area contributed by atoms with Gasteiger partial charge in [0.05, 0.1) is 4.90 Å². The zero-order valence-corrected chi connectivity index (χ0v) is 12.8.